The fourth-order valence-electron chi connectivity index (χ4n) is 1.52. The number of rotatable bonds is 4. The Morgan fingerprint density at radius 2 is 2.18 bits per heavy atom. The largest absolute Gasteiger partial charge is 0.259 e. The molecule has 0 bridgehead atoms. The van der Waals surface area contributed by atoms with Crippen LogP contribution in [0.1, 0.15) is 24.3 Å². The second kappa shape index (κ2) is 5.17. The molecule has 1 atom stereocenters. The first kappa shape index (κ1) is 13.2. The van der Waals surface area contributed by atoms with Crippen LogP contribution in [0, 0.1) is 0 Å². The predicted octanol–water partition coefficient (Wildman–Crippen LogP) is 2.11. The van der Waals surface area contributed by atoms with E-state index in [9.17, 15) is 8.42 Å². The van der Waals surface area contributed by atoms with Crippen LogP contribution in [0.15, 0.2) is 23.2 Å². The van der Waals surface area contributed by atoms with Crippen molar-refractivity contribution in [3.8, 4) is 0 Å². The van der Waals surface area contributed by atoms with Gasteiger partial charge in [-0.3, -0.25) is 4.98 Å². The van der Waals surface area contributed by atoms with E-state index in [1.54, 1.807) is 12.1 Å². The Balaban J connectivity index is 2.23. The Morgan fingerprint density at radius 1 is 1.47 bits per heavy atom. The number of aromatic nitrogens is 1. The van der Waals surface area contributed by atoms with E-state index in [-0.39, 0.29) is 10.1 Å². The lowest BCUT2D eigenvalue weighted by atomic mass is 10.3. The molecule has 2 rings (SSSR count). The minimum Gasteiger partial charge on any atom is -0.259 e. The molecule has 17 heavy (non-hydrogen) atoms. The lowest BCUT2D eigenvalue weighted by Crippen LogP contribution is -2.41. The topological polar surface area (TPSA) is 50.3 Å². The van der Waals surface area contributed by atoms with Gasteiger partial charge >= 0.3 is 0 Å². The lowest BCUT2D eigenvalue weighted by molar-refractivity contribution is 0.309. The Hall–Kier alpha value is -0.240. The highest BCUT2D eigenvalue weighted by molar-refractivity contribution is 8.68. The Kier molecular flexibility index (Phi) is 4.02. The van der Waals surface area contributed by atoms with Crippen LogP contribution in [0.5, 0.6) is 0 Å². The summed E-state index contributed by atoms with van der Waals surface area (Å²) in [7, 11) is -1.92. The third-order valence-corrected chi connectivity index (χ3v) is 6.18. The molecule has 0 aliphatic carbocycles. The highest BCUT2D eigenvalue weighted by Gasteiger charge is 2.29. The van der Waals surface area contributed by atoms with Gasteiger partial charge in [-0.25, -0.2) is 8.42 Å². The van der Waals surface area contributed by atoms with Crippen LogP contribution in [0.4, 0.5) is 0 Å². The summed E-state index contributed by atoms with van der Waals surface area (Å²) in [5.41, 5.74) is 0.840. The van der Waals surface area contributed by atoms with E-state index in [1.807, 2.05) is 6.92 Å². The van der Waals surface area contributed by atoms with E-state index < -0.39 is 10.0 Å². The van der Waals surface area contributed by atoms with Crippen LogP contribution in [0.3, 0.4) is 0 Å². The number of hydrogen-bond donors (Lipinski definition) is 1. The Morgan fingerprint density at radius 3 is 2.59 bits per heavy atom. The third kappa shape index (κ3) is 2.62. The fourth-order valence-corrected chi connectivity index (χ4v) is 3.55. The lowest BCUT2D eigenvalue weighted by Gasteiger charge is -2.29. The molecule has 1 saturated heterocycles. The van der Waals surface area contributed by atoms with Gasteiger partial charge in [-0.05, 0) is 25.5 Å². The fraction of sp³-hybridized carbons (Fsp3) is 0.500. The zero-order valence-corrected chi connectivity index (χ0v) is 11.9. The minimum atomic E-state index is -3.31. The van der Waals surface area contributed by atoms with Crippen LogP contribution in [0.2, 0.25) is 0 Å². The molecule has 0 N–H and O–H groups in total. The van der Waals surface area contributed by atoms with E-state index in [4.69, 9.17) is 0 Å². The van der Waals surface area contributed by atoms with Gasteiger partial charge in [0.05, 0.1) is 10.9 Å². The van der Waals surface area contributed by atoms with Crippen molar-refractivity contribution in [3.05, 3.63) is 24.0 Å². The van der Waals surface area contributed by atoms with Crippen molar-refractivity contribution in [1.29, 1.82) is 0 Å². The number of pyridine rings is 1. The van der Waals surface area contributed by atoms with Crippen molar-refractivity contribution < 1.29 is 8.42 Å². The summed E-state index contributed by atoms with van der Waals surface area (Å²) in [6.45, 7) is 3.21. The normalized spacial score (nSPS) is 18.7. The maximum Gasteiger partial charge on any atom is 0.244 e. The molecular formula is C10H14N2O2S3. The molecule has 1 aliphatic rings. The van der Waals surface area contributed by atoms with Gasteiger partial charge in [-0.15, -0.1) is 11.7 Å². The molecule has 4 nitrogen and oxygen atoms in total. The smallest absolute Gasteiger partial charge is 0.244 e. The average molecular weight is 290 g/mol. The molecule has 1 aromatic rings. The summed E-state index contributed by atoms with van der Waals surface area (Å²) >= 11 is 4.12. The van der Waals surface area contributed by atoms with Crippen LogP contribution in [-0.4, -0.2) is 30.8 Å². The van der Waals surface area contributed by atoms with Crippen LogP contribution in [0.25, 0.3) is 0 Å². The molecule has 0 saturated carbocycles. The highest BCUT2D eigenvalue weighted by Crippen LogP contribution is 2.30. The van der Waals surface area contributed by atoms with Crippen LogP contribution < -0.4 is 0 Å². The first-order valence-corrected chi connectivity index (χ1v) is 8.69. The van der Waals surface area contributed by atoms with E-state index in [0.29, 0.717) is 13.1 Å². The van der Waals surface area contributed by atoms with E-state index in [2.05, 4.69) is 16.6 Å². The van der Waals surface area contributed by atoms with Crippen LogP contribution >= 0.6 is 22.5 Å². The van der Waals surface area contributed by atoms with Crippen molar-refractivity contribution in [2.75, 3.05) is 13.1 Å². The quantitative estimate of drug-likeness (QED) is 0.681. The summed E-state index contributed by atoms with van der Waals surface area (Å²) in [6.07, 6.45) is 2.38. The van der Waals surface area contributed by atoms with E-state index >= 15 is 0 Å². The standard InChI is InChI=1S/C10H14N2O2S3/c1-8(16-15)10-4-3-9(7-11-10)17(13,14)12-5-2-6-12/h3-4,7-8,15H,2,5-6H2,1H3. The summed E-state index contributed by atoms with van der Waals surface area (Å²) < 4.78 is 25.5. The molecule has 1 unspecified atom stereocenters. The van der Waals surface area contributed by atoms with Crippen molar-refractivity contribution in [2.24, 2.45) is 0 Å². The Labute approximate surface area is 111 Å². The predicted molar refractivity (Wildman–Crippen MR) is 72.6 cm³/mol. The monoisotopic (exact) mass is 290 g/mol. The first-order chi connectivity index (χ1) is 8.05. The molecule has 1 aliphatic heterocycles. The zero-order valence-electron chi connectivity index (χ0n) is 9.41. The summed E-state index contributed by atoms with van der Waals surface area (Å²) in [5.74, 6) is 0. The van der Waals surface area contributed by atoms with Gasteiger partial charge in [0.2, 0.25) is 10.0 Å². The van der Waals surface area contributed by atoms with Gasteiger partial charge in [0.1, 0.15) is 4.90 Å². The molecule has 94 valence electrons. The van der Waals surface area contributed by atoms with Crippen molar-refractivity contribution in [2.45, 2.75) is 23.5 Å². The van der Waals surface area contributed by atoms with Gasteiger partial charge in [0.15, 0.2) is 0 Å². The van der Waals surface area contributed by atoms with Gasteiger partial charge in [0.25, 0.3) is 0 Å². The molecule has 1 fully saturated rings. The molecule has 0 radical (unpaired) electrons. The number of thiol groups is 1. The van der Waals surface area contributed by atoms with Gasteiger partial charge in [0, 0.05) is 19.3 Å². The number of nitrogens with zero attached hydrogens (tertiary/aromatic N) is 2. The van der Waals surface area contributed by atoms with Crippen LogP contribution in [-0.2, 0) is 10.0 Å². The molecule has 0 aromatic carbocycles. The number of sulfonamides is 1. The molecule has 0 spiro atoms. The second-order valence-electron chi connectivity index (χ2n) is 3.92. The Bertz CT molecular complexity index is 483. The van der Waals surface area contributed by atoms with Crippen molar-refractivity contribution in [3.63, 3.8) is 0 Å². The summed E-state index contributed by atoms with van der Waals surface area (Å²) in [4.78, 5) is 4.46. The van der Waals surface area contributed by atoms with E-state index in [0.717, 1.165) is 12.1 Å². The van der Waals surface area contributed by atoms with Gasteiger partial charge < -0.3 is 0 Å². The highest BCUT2D eigenvalue weighted by atomic mass is 33.1. The van der Waals surface area contributed by atoms with Crippen molar-refractivity contribution in [1.82, 2.24) is 9.29 Å². The summed E-state index contributed by atoms with van der Waals surface area (Å²) in [6, 6.07) is 3.37. The van der Waals surface area contributed by atoms with E-state index in [1.165, 1.54) is 21.3 Å². The molecule has 1 aromatic heterocycles. The summed E-state index contributed by atoms with van der Waals surface area (Å²) in [5, 5.41) is 0.152. The third-order valence-electron chi connectivity index (χ3n) is 2.79. The molecule has 7 heteroatoms. The minimum absolute atomic E-state index is 0.152. The molecule has 2 heterocycles. The number of hydrogen-bond acceptors (Lipinski definition) is 5. The molecule has 0 amide bonds. The SMILES string of the molecule is CC(SS)c1ccc(S(=O)(=O)N2CCC2)cn1. The second-order valence-corrected chi connectivity index (χ2v) is 7.41. The maximum atomic E-state index is 12.0. The molecular weight excluding hydrogens is 276 g/mol. The average Bonchev–Trinajstić information content (AvgIpc) is 2.25. The maximum absolute atomic E-state index is 12.0. The van der Waals surface area contributed by atoms with Gasteiger partial charge in [-0.2, -0.15) is 4.31 Å². The van der Waals surface area contributed by atoms with Crippen molar-refractivity contribution >= 4 is 32.5 Å². The van der Waals surface area contributed by atoms with Gasteiger partial charge in [-0.1, -0.05) is 10.8 Å². The first-order valence-electron chi connectivity index (χ1n) is 5.32. The zero-order chi connectivity index (χ0) is 12.5.